The Morgan fingerprint density at radius 1 is 1.15 bits per heavy atom. The monoisotopic (exact) mass is 299 g/mol. The largest absolute Gasteiger partial charge is 0.465 e. The molecule has 0 bridgehead atoms. The average molecular weight is 299 g/mol. The first-order valence-corrected chi connectivity index (χ1v) is 7.52. The van der Waals surface area contributed by atoms with Gasteiger partial charge in [0.2, 0.25) is 10.0 Å². The lowest BCUT2D eigenvalue weighted by atomic mass is 10.4. The minimum absolute atomic E-state index is 0.0329. The molecule has 1 aromatic carbocycles. The normalized spacial score (nSPS) is 11.3. The molecule has 7 heteroatoms. The van der Waals surface area contributed by atoms with Crippen molar-refractivity contribution >= 4 is 21.8 Å². The Morgan fingerprint density at radius 3 is 2.25 bits per heavy atom. The van der Waals surface area contributed by atoms with Gasteiger partial charge in [-0.2, -0.15) is 4.31 Å². The van der Waals surface area contributed by atoms with E-state index in [2.05, 4.69) is 0 Å². The van der Waals surface area contributed by atoms with E-state index in [0.29, 0.717) is 0 Å². The molecule has 0 N–H and O–H groups in total. The first-order valence-electron chi connectivity index (χ1n) is 6.08. The van der Waals surface area contributed by atoms with Crippen molar-refractivity contribution in [1.82, 2.24) is 4.31 Å². The van der Waals surface area contributed by atoms with Gasteiger partial charge in [0.05, 0.1) is 18.0 Å². The van der Waals surface area contributed by atoms with Gasteiger partial charge in [0.25, 0.3) is 0 Å². The zero-order chi connectivity index (χ0) is 15.2. The molecule has 0 spiro atoms. The fourth-order valence-electron chi connectivity index (χ4n) is 1.57. The first-order chi connectivity index (χ1) is 9.37. The Morgan fingerprint density at radius 2 is 1.75 bits per heavy atom. The quantitative estimate of drug-likeness (QED) is 0.697. The van der Waals surface area contributed by atoms with Gasteiger partial charge in [0, 0.05) is 0 Å². The third-order valence-electron chi connectivity index (χ3n) is 2.39. The van der Waals surface area contributed by atoms with Gasteiger partial charge in [0.15, 0.2) is 0 Å². The summed E-state index contributed by atoms with van der Waals surface area (Å²) in [6, 6.07) is 7.65. The summed E-state index contributed by atoms with van der Waals surface area (Å²) in [5, 5.41) is 0. The number of carbonyl (C=O) groups is 2. The van der Waals surface area contributed by atoms with E-state index in [1.807, 2.05) is 0 Å². The van der Waals surface area contributed by atoms with E-state index in [-0.39, 0.29) is 23.8 Å². The number of carbonyl (C=O) groups excluding carboxylic acids is 2. The van der Waals surface area contributed by atoms with Gasteiger partial charge < -0.3 is 4.74 Å². The molecular weight excluding hydrogens is 282 g/mol. The molecule has 0 amide bonds. The van der Waals surface area contributed by atoms with E-state index in [9.17, 15) is 18.0 Å². The van der Waals surface area contributed by atoms with E-state index in [1.165, 1.54) is 19.1 Å². The molecule has 0 aliphatic carbocycles. The second-order valence-electron chi connectivity index (χ2n) is 4.09. The molecule has 0 saturated heterocycles. The molecule has 0 radical (unpaired) electrons. The Hall–Kier alpha value is -1.73. The zero-order valence-electron chi connectivity index (χ0n) is 11.4. The Kier molecular flexibility index (Phi) is 5.84. The van der Waals surface area contributed by atoms with E-state index in [4.69, 9.17) is 4.74 Å². The van der Waals surface area contributed by atoms with Crippen LogP contribution in [0.2, 0.25) is 0 Å². The summed E-state index contributed by atoms with van der Waals surface area (Å²) in [6.45, 7) is 2.19. The van der Waals surface area contributed by atoms with Crippen molar-refractivity contribution in [3.05, 3.63) is 30.3 Å². The maximum absolute atomic E-state index is 12.4. The average Bonchev–Trinajstić information content (AvgIpc) is 2.38. The van der Waals surface area contributed by atoms with Gasteiger partial charge in [-0.25, -0.2) is 8.42 Å². The van der Waals surface area contributed by atoms with Crippen LogP contribution in [0, 0.1) is 0 Å². The van der Waals surface area contributed by atoms with Crippen molar-refractivity contribution in [2.75, 3.05) is 19.7 Å². The van der Waals surface area contributed by atoms with Gasteiger partial charge in [-0.05, 0) is 26.0 Å². The molecule has 0 aliphatic heterocycles. The maximum Gasteiger partial charge on any atom is 0.321 e. The Bertz CT molecular complexity index is 568. The van der Waals surface area contributed by atoms with Crippen LogP contribution in [0.25, 0.3) is 0 Å². The van der Waals surface area contributed by atoms with E-state index in [0.717, 1.165) is 4.31 Å². The molecule has 6 nitrogen and oxygen atoms in total. The maximum atomic E-state index is 12.4. The highest BCUT2D eigenvalue weighted by molar-refractivity contribution is 7.89. The lowest BCUT2D eigenvalue weighted by Gasteiger charge is -2.19. The second kappa shape index (κ2) is 7.16. The number of Topliss-reactive ketones (excluding diaryl/α,β-unsaturated/α-hetero) is 1. The number of benzene rings is 1. The zero-order valence-corrected chi connectivity index (χ0v) is 12.2. The van der Waals surface area contributed by atoms with Gasteiger partial charge in [-0.3, -0.25) is 9.59 Å². The van der Waals surface area contributed by atoms with Crippen LogP contribution < -0.4 is 0 Å². The van der Waals surface area contributed by atoms with Crippen molar-refractivity contribution in [2.45, 2.75) is 18.7 Å². The molecule has 0 unspecified atom stereocenters. The fourth-order valence-corrected chi connectivity index (χ4v) is 2.99. The standard InChI is InChI=1S/C13H17NO5S/c1-3-19-13(16)10-14(9-11(2)15)20(17,18)12-7-5-4-6-8-12/h4-8H,3,9-10H2,1-2H3. The number of rotatable bonds is 7. The summed E-state index contributed by atoms with van der Waals surface area (Å²) in [5.74, 6) is -1.04. The third kappa shape index (κ3) is 4.43. The van der Waals surface area contributed by atoms with Crippen LogP contribution in [0.1, 0.15) is 13.8 Å². The fraction of sp³-hybridized carbons (Fsp3) is 0.385. The Labute approximate surface area is 118 Å². The van der Waals surface area contributed by atoms with Gasteiger partial charge in [-0.15, -0.1) is 0 Å². The lowest BCUT2D eigenvalue weighted by Crippen LogP contribution is -2.39. The summed E-state index contributed by atoms with van der Waals surface area (Å²) in [7, 11) is -3.90. The van der Waals surface area contributed by atoms with Crippen LogP contribution in [0.15, 0.2) is 35.2 Å². The predicted octanol–water partition coefficient (Wildman–Crippen LogP) is 0.829. The van der Waals surface area contributed by atoms with E-state index >= 15 is 0 Å². The molecule has 20 heavy (non-hydrogen) atoms. The molecule has 1 aromatic rings. The van der Waals surface area contributed by atoms with Crippen LogP contribution in [-0.2, 0) is 24.3 Å². The van der Waals surface area contributed by atoms with Crippen molar-refractivity contribution < 1.29 is 22.7 Å². The summed E-state index contributed by atoms with van der Waals surface area (Å²) in [5.41, 5.74) is 0. The highest BCUT2D eigenvalue weighted by Gasteiger charge is 2.27. The molecule has 0 atom stereocenters. The summed E-state index contributed by atoms with van der Waals surface area (Å²) in [4.78, 5) is 22.7. The molecule has 0 aromatic heterocycles. The molecule has 1 rings (SSSR count). The molecular formula is C13H17NO5S. The van der Waals surface area contributed by atoms with Crippen LogP contribution in [0.4, 0.5) is 0 Å². The highest BCUT2D eigenvalue weighted by atomic mass is 32.2. The van der Waals surface area contributed by atoms with E-state index < -0.39 is 22.5 Å². The molecule has 0 fully saturated rings. The topological polar surface area (TPSA) is 80.8 Å². The first kappa shape index (κ1) is 16.3. The van der Waals surface area contributed by atoms with Crippen molar-refractivity contribution in [3.63, 3.8) is 0 Å². The smallest absolute Gasteiger partial charge is 0.321 e. The molecule has 110 valence electrons. The van der Waals surface area contributed by atoms with Gasteiger partial charge >= 0.3 is 5.97 Å². The predicted molar refractivity (Wildman–Crippen MR) is 72.5 cm³/mol. The summed E-state index contributed by atoms with van der Waals surface area (Å²) in [6.07, 6.45) is 0. The number of nitrogens with zero attached hydrogens (tertiary/aromatic N) is 1. The minimum atomic E-state index is -3.90. The van der Waals surface area contributed by atoms with Crippen molar-refractivity contribution in [1.29, 1.82) is 0 Å². The second-order valence-corrected chi connectivity index (χ2v) is 6.03. The van der Waals surface area contributed by atoms with Crippen molar-refractivity contribution in [3.8, 4) is 0 Å². The Balaban J connectivity index is 3.03. The van der Waals surface area contributed by atoms with Gasteiger partial charge in [0.1, 0.15) is 12.3 Å². The third-order valence-corrected chi connectivity index (χ3v) is 4.20. The van der Waals surface area contributed by atoms with E-state index in [1.54, 1.807) is 25.1 Å². The SMILES string of the molecule is CCOC(=O)CN(CC(C)=O)S(=O)(=O)c1ccccc1. The van der Waals surface area contributed by atoms with Crippen LogP contribution in [-0.4, -0.2) is 44.2 Å². The van der Waals surface area contributed by atoms with Crippen molar-refractivity contribution in [2.24, 2.45) is 0 Å². The number of ether oxygens (including phenoxy) is 1. The summed E-state index contributed by atoms with van der Waals surface area (Å²) < 4.78 is 30.3. The lowest BCUT2D eigenvalue weighted by molar-refractivity contribution is -0.143. The number of sulfonamides is 1. The highest BCUT2D eigenvalue weighted by Crippen LogP contribution is 2.15. The number of esters is 1. The minimum Gasteiger partial charge on any atom is -0.465 e. The summed E-state index contributed by atoms with van der Waals surface area (Å²) >= 11 is 0. The van der Waals surface area contributed by atoms with Crippen LogP contribution in [0.3, 0.4) is 0 Å². The van der Waals surface area contributed by atoms with Gasteiger partial charge in [-0.1, -0.05) is 18.2 Å². The van der Waals surface area contributed by atoms with Crippen LogP contribution >= 0.6 is 0 Å². The molecule has 0 aliphatic rings. The molecule has 0 heterocycles. The number of ketones is 1. The number of hydrogen-bond acceptors (Lipinski definition) is 5. The number of hydrogen-bond donors (Lipinski definition) is 0. The molecule has 0 saturated carbocycles. The van der Waals surface area contributed by atoms with Crippen LogP contribution in [0.5, 0.6) is 0 Å².